The van der Waals surface area contributed by atoms with Crippen molar-refractivity contribution in [2.75, 3.05) is 13.1 Å². The number of hydrogen-bond donors (Lipinski definition) is 0. The lowest BCUT2D eigenvalue weighted by molar-refractivity contribution is 0.232. The molecule has 2 heteroatoms. The van der Waals surface area contributed by atoms with Gasteiger partial charge in [0.2, 0.25) is 0 Å². The summed E-state index contributed by atoms with van der Waals surface area (Å²) in [6.45, 7) is 13.2. The van der Waals surface area contributed by atoms with Gasteiger partial charge in [0, 0.05) is 13.1 Å². The molecule has 0 amide bonds. The van der Waals surface area contributed by atoms with E-state index in [9.17, 15) is 0 Å². The molecule has 1 aliphatic heterocycles. The zero-order chi connectivity index (χ0) is 13.9. The Bertz CT molecular complexity index is 430. The lowest BCUT2D eigenvalue weighted by atomic mass is 9.94. The molecule has 104 valence electrons. The highest BCUT2D eigenvalue weighted by molar-refractivity contribution is 6.81. The van der Waals surface area contributed by atoms with E-state index >= 15 is 0 Å². The van der Waals surface area contributed by atoms with Crippen LogP contribution in [0, 0.1) is 5.92 Å². The average Bonchev–Trinajstić information content (AvgIpc) is 2.33. The molecule has 1 aromatic rings. The highest BCUT2D eigenvalue weighted by atomic mass is 28.3. The second kappa shape index (κ2) is 6.06. The van der Waals surface area contributed by atoms with Crippen molar-refractivity contribution < 1.29 is 0 Å². The van der Waals surface area contributed by atoms with Gasteiger partial charge in [0.25, 0.3) is 0 Å². The summed E-state index contributed by atoms with van der Waals surface area (Å²) < 4.78 is 0. The summed E-state index contributed by atoms with van der Waals surface area (Å²) in [5.41, 5.74) is 5.74. The van der Waals surface area contributed by atoms with Gasteiger partial charge in [-0.25, -0.2) is 0 Å². The molecule has 1 saturated heterocycles. The Balaban J connectivity index is 2.03. The number of nitrogens with zero attached hydrogens (tertiary/aromatic N) is 1. The molecular formula is C17H27NSi. The molecule has 2 rings (SSSR count). The first kappa shape index (κ1) is 14.5. The van der Waals surface area contributed by atoms with Crippen LogP contribution in [0.3, 0.4) is 0 Å². The van der Waals surface area contributed by atoms with Crippen LogP contribution >= 0.6 is 0 Å². The van der Waals surface area contributed by atoms with E-state index in [1.54, 1.807) is 5.57 Å². The molecule has 0 N–H and O–H groups in total. The standard InChI is InChI=1S/C17H27NSi/c1-15-10-11-18(12-16-8-6-5-7-9-16)13-17(15)14-19(2,3)4/h5-9,14-15H,10-13H2,1-4H3/b17-14+. The number of piperidine rings is 1. The maximum Gasteiger partial charge on any atom is 0.0687 e. The van der Waals surface area contributed by atoms with Gasteiger partial charge in [-0.1, -0.05) is 68.2 Å². The van der Waals surface area contributed by atoms with Gasteiger partial charge in [0.15, 0.2) is 0 Å². The minimum absolute atomic E-state index is 0.777. The van der Waals surface area contributed by atoms with Crippen molar-refractivity contribution in [3.63, 3.8) is 0 Å². The Morgan fingerprint density at radius 3 is 2.53 bits per heavy atom. The van der Waals surface area contributed by atoms with Crippen molar-refractivity contribution >= 4 is 8.07 Å². The summed E-state index contributed by atoms with van der Waals surface area (Å²) in [5.74, 6) is 0.777. The summed E-state index contributed by atoms with van der Waals surface area (Å²) in [4.78, 5) is 2.60. The highest BCUT2D eigenvalue weighted by Gasteiger charge is 2.22. The van der Waals surface area contributed by atoms with Crippen LogP contribution < -0.4 is 0 Å². The van der Waals surface area contributed by atoms with E-state index in [0.29, 0.717) is 0 Å². The Morgan fingerprint density at radius 1 is 1.21 bits per heavy atom. The molecule has 1 heterocycles. The number of hydrogen-bond acceptors (Lipinski definition) is 1. The second-order valence-electron chi connectivity index (χ2n) is 6.97. The van der Waals surface area contributed by atoms with E-state index in [1.165, 1.54) is 25.1 Å². The van der Waals surface area contributed by atoms with Crippen LogP contribution in [0.4, 0.5) is 0 Å². The zero-order valence-electron chi connectivity index (χ0n) is 12.8. The van der Waals surface area contributed by atoms with Crippen LogP contribution in [-0.4, -0.2) is 26.1 Å². The SMILES string of the molecule is CC1CCN(Cc2ccccc2)C/C1=C\[Si](C)(C)C. The molecule has 0 aromatic heterocycles. The lowest BCUT2D eigenvalue weighted by Gasteiger charge is -2.34. The van der Waals surface area contributed by atoms with E-state index in [-0.39, 0.29) is 0 Å². The predicted octanol–water partition coefficient (Wildman–Crippen LogP) is 4.33. The molecule has 0 bridgehead atoms. The first-order valence-electron chi connectivity index (χ1n) is 7.42. The van der Waals surface area contributed by atoms with E-state index in [4.69, 9.17) is 0 Å². The summed E-state index contributed by atoms with van der Waals surface area (Å²) in [6.07, 6.45) is 1.31. The number of benzene rings is 1. The Labute approximate surface area is 119 Å². The Kier molecular flexibility index (Phi) is 4.64. The minimum Gasteiger partial charge on any atom is -0.295 e. The van der Waals surface area contributed by atoms with Gasteiger partial charge >= 0.3 is 0 Å². The van der Waals surface area contributed by atoms with Crippen LogP contribution in [0.5, 0.6) is 0 Å². The quantitative estimate of drug-likeness (QED) is 0.741. The summed E-state index contributed by atoms with van der Waals surface area (Å²) in [5, 5.41) is 0. The Hall–Kier alpha value is -0.863. The third-order valence-corrected chi connectivity index (χ3v) is 5.02. The fraction of sp³-hybridized carbons (Fsp3) is 0.529. The summed E-state index contributed by atoms with van der Waals surface area (Å²) in [6, 6.07) is 10.8. The third-order valence-electron chi connectivity index (χ3n) is 3.78. The van der Waals surface area contributed by atoms with Gasteiger partial charge in [0.1, 0.15) is 0 Å². The molecule has 1 aliphatic rings. The van der Waals surface area contributed by atoms with Crippen molar-refractivity contribution in [3.05, 3.63) is 47.2 Å². The topological polar surface area (TPSA) is 3.24 Å². The third kappa shape index (κ3) is 4.63. The highest BCUT2D eigenvalue weighted by Crippen LogP contribution is 2.25. The van der Waals surface area contributed by atoms with Gasteiger partial charge in [-0.3, -0.25) is 4.90 Å². The van der Waals surface area contributed by atoms with Crippen molar-refractivity contribution in [1.82, 2.24) is 4.90 Å². The maximum absolute atomic E-state index is 2.62. The van der Waals surface area contributed by atoms with Crippen LogP contribution in [-0.2, 0) is 6.54 Å². The van der Waals surface area contributed by atoms with E-state index in [1.807, 2.05) is 0 Å². The van der Waals surface area contributed by atoms with E-state index < -0.39 is 8.07 Å². The number of likely N-dealkylation sites (tertiary alicyclic amines) is 1. The molecule has 1 aromatic carbocycles. The van der Waals surface area contributed by atoms with Crippen molar-refractivity contribution in [3.8, 4) is 0 Å². The normalized spacial score (nSPS) is 23.8. The van der Waals surface area contributed by atoms with Gasteiger partial charge in [-0.05, 0) is 24.4 Å². The molecule has 0 spiro atoms. The smallest absolute Gasteiger partial charge is 0.0687 e. The van der Waals surface area contributed by atoms with E-state index in [2.05, 4.69) is 67.5 Å². The zero-order valence-corrected chi connectivity index (χ0v) is 13.8. The fourth-order valence-corrected chi connectivity index (χ4v) is 4.26. The molecule has 1 nitrogen and oxygen atoms in total. The molecule has 1 unspecified atom stereocenters. The maximum atomic E-state index is 2.62. The van der Waals surface area contributed by atoms with Crippen LogP contribution in [0.1, 0.15) is 18.9 Å². The average molecular weight is 273 g/mol. The molecule has 0 aliphatic carbocycles. The first-order valence-corrected chi connectivity index (χ1v) is 11.0. The monoisotopic (exact) mass is 273 g/mol. The van der Waals surface area contributed by atoms with Crippen molar-refractivity contribution in [2.24, 2.45) is 5.92 Å². The molecular weight excluding hydrogens is 246 g/mol. The molecule has 0 radical (unpaired) electrons. The van der Waals surface area contributed by atoms with Gasteiger partial charge in [-0.2, -0.15) is 0 Å². The summed E-state index contributed by atoms with van der Waals surface area (Å²) in [7, 11) is -1.10. The molecule has 19 heavy (non-hydrogen) atoms. The summed E-state index contributed by atoms with van der Waals surface area (Å²) >= 11 is 0. The van der Waals surface area contributed by atoms with Gasteiger partial charge in [0.05, 0.1) is 8.07 Å². The van der Waals surface area contributed by atoms with Gasteiger partial charge < -0.3 is 0 Å². The molecule has 0 saturated carbocycles. The Morgan fingerprint density at radius 2 is 1.89 bits per heavy atom. The predicted molar refractivity (Wildman–Crippen MR) is 86.9 cm³/mol. The van der Waals surface area contributed by atoms with Crippen LogP contribution in [0.15, 0.2) is 41.6 Å². The van der Waals surface area contributed by atoms with Crippen molar-refractivity contribution in [1.29, 1.82) is 0 Å². The van der Waals surface area contributed by atoms with Crippen LogP contribution in [0.25, 0.3) is 0 Å². The van der Waals surface area contributed by atoms with Gasteiger partial charge in [-0.15, -0.1) is 0 Å². The molecule has 1 atom stereocenters. The largest absolute Gasteiger partial charge is 0.295 e. The van der Waals surface area contributed by atoms with Crippen molar-refractivity contribution in [2.45, 2.75) is 39.5 Å². The fourth-order valence-electron chi connectivity index (χ4n) is 2.78. The minimum atomic E-state index is -1.10. The first-order chi connectivity index (χ1) is 8.94. The second-order valence-corrected chi connectivity index (χ2v) is 12.0. The van der Waals surface area contributed by atoms with E-state index in [0.717, 1.165) is 12.5 Å². The number of rotatable bonds is 3. The lowest BCUT2D eigenvalue weighted by Crippen LogP contribution is -2.35. The van der Waals surface area contributed by atoms with Crippen LogP contribution in [0.2, 0.25) is 19.6 Å². The molecule has 1 fully saturated rings.